The Kier molecular flexibility index (Phi) is 6.52. The predicted octanol–water partition coefficient (Wildman–Crippen LogP) is 2.46. The fraction of sp³-hybridized carbons (Fsp3) is 0.562. The Hall–Kier alpha value is -1.55. The molecule has 4 heteroatoms. The summed E-state index contributed by atoms with van der Waals surface area (Å²) in [5.41, 5.74) is 1.09. The van der Waals surface area contributed by atoms with E-state index in [1.54, 1.807) is 7.11 Å². The van der Waals surface area contributed by atoms with Crippen molar-refractivity contribution in [1.82, 2.24) is 10.2 Å². The number of carbonyl (C=O) groups is 1. The fourth-order valence-corrected chi connectivity index (χ4v) is 2.17. The van der Waals surface area contributed by atoms with Crippen molar-refractivity contribution in [3.63, 3.8) is 0 Å². The Labute approximate surface area is 122 Å². The lowest BCUT2D eigenvalue weighted by molar-refractivity contribution is -0.122. The normalized spacial score (nSPS) is 12.6. The zero-order valence-electron chi connectivity index (χ0n) is 13.1. The number of nitrogens with zero attached hydrogens (tertiary/aromatic N) is 1. The molecule has 1 aromatic rings. The lowest BCUT2D eigenvalue weighted by Crippen LogP contribution is -2.35. The van der Waals surface area contributed by atoms with Gasteiger partial charge in [-0.15, -0.1) is 0 Å². The van der Waals surface area contributed by atoms with Crippen molar-refractivity contribution in [3.8, 4) is 5.75 Å². The Balaban J connectivity index is 2.77. The quantitative estimate of drug-likeness (QED) is 0.833. The summed E-state index contributed by atoms with van der Waals surface area (Å²) in [6, 6.07) is 8.03. The van der Waals surface area contributed by atoms with Crippen LogP contribution in [0.25, 0.3) is 0 Å². The van der Waals surface area contributed by atoms with Gasteiger partial charge in [-0.1, -0.05) is 32.0 Å². The maximum absolute atomic E-state index is 11.8. The second-order valence-electron chi connectivity index (χ2n) is 5.62. The van der Waals surface area contributed by atoms with E-state index in [1.807, 2.05) is 52.2 Å². The molecule has 0 fully saturated rings. The van der Waals surface area contributed by atoms with Crippen LogP contribution < -0.4 is 10.1 Å². The van der Waals surface area contributed by atoms with Crippen LogP contribution in [0.5, 0.6) is 5.75 Å². The SMILES string of the molecule is COc1ccccc1[C@H](CNC(=O)CC(C)C)N(C)C. The van der Waals surface area contributed by atoms with E-state index in [9.17, 15) is 4.79 Å². The summed E-state index contributed by atoms with van der Waals surface area (Å²) in [4.78, 5) is 13.9. The number of para-hydroxylation sites is 1. The monoisotopic (exact) mass is 278 g/mol. The molecule has 0 aliphatic rings. The summed E-state index contributed by atoms with van der Waals surface area (Å²) in [5.74, 6) is 1.32. The summed E-state index contributed by atoms with van der Waals surface area (Å²) in [5, 5.41) is 3.01. The number of rotatable bonds is 7. The Morgan fingerprint density at radius 3 is 2.50 bits per heavy atom. The van der Waals surface area contributed by atoms with Crippen LogP contribution in [0.2, 0.25) is 0 Å². The van der Waals surface area contributed by atoms with Gasteiger partial charge in [0.1, 0.15) is 5.75 Å². The van der Waals surface area contributed by atoms with Gasteiger partial charge >= 0.3 is 0 Å². The standard InChI is InChI=1S/C16H26N2O2/c1-12(2)10-16(19)17-11-14(18(3)4)13-8-6-7-9-15(13)20-5/h6-9,12,14H,10-11H2,1-5H3,(H,17,19)/t14-/m0/s1. The lowest BCUT2D eigenvalue weighted by atomic mass is 10.0. The van der Waals surface area contributed by atoms with Gasteiger partial charge in [0.2, 0.25) is 5.91 Å². The summed E-state index contributed by atoms with van der Waals surface area (Å²) in [6.07, 6.45) is 0.562. The summed E-state index contributed by atoms with van der Waals surface area (Å²) in [6.45, 7) is 4.67. The van der Waals surface area contributed by atoms with E-state index >= 15 is 0 Å². The number of hydrogen-bond acceptors (Lipinski definition) is 3. The molecule has 20 heavy (non-hydrogen) atoms. The van der Waals surface area contributed by atoms with Crippen LogP contribution >= 0.6 is 0 Å². The molecule has 0 heterocycles. The topological polar surface area (TPSA) is 41.6 Å². The van der Waals surface area contributed by atoms with Crippen LogP contribution in [0.4, 0.5) is 0 Å². The minimum absolute atomic E-state index is 0.0988. The number of hydrogen-bond donors (Lipinski definition) is 1. The second-order valence-corrected chi connectivity index (χ2v) is 5.62. The number of amides is 1. The number of methoxy groups -OCH3 is 1. The first-order valence-electron chi connectivity index (χ1n) is 7.01. The molecule has 0 bridgehead atoms. The second kappa shape index (κ2) is 7.90. The minimum atomic E-state index is 0.0988. The molecule has 0 saturated carbocycles. The van der Waals surface area contributed by atoms with E-state index in [2.05, 4.69) is 10.2 Å². The number of carbonyl (C=O) groups excluding carboxylic acids is 1. The average molecular weight is 278 g/mol. The minimum Gasteiger partial charge on any atom is -0.496 e. The van der Waals surface area contributed by atoms with Gasteiger partial charge in [-0.3, -0.25) is 4.79 Å². The number of likely N-dealkylation sites (N-methyl/N-ethyl adjacent to an activating group) is 1. The van der Waals surface area contributed by atoms with Crippen molar-refractivity contribution < 1.29 is 9.53 Å². The first-order chi connectivity index (χ1) is 9.45. The summed E-state index contributed by atoms with van der Waals surface area (Å²) in [7, 11) is 5.68. The summed E-state index contributed by atoms with van der Waals surface area (Å²) >= 11 is 0. The van der Waals surface area contributed by atoms with Crippen LogP contribution in [0, 0.1) is 5.92 Å². The van der Waals surface area contributed by atoms with E-state index in [1.165, 1.54) is 0 Å². The van der Waals surface area contributed by atoms with Gasteiger partial charge in [0, 0.05) is 18.5 Å². The van der Waals surface area contributed by atoms with Gasteiger partial charge in [-0.25, -0.2) is 0 Å². The first kappa shape index (κ1) is 16.5. The molecule has 0 unspecified atom stereocenters. The molecular formula is C16H26N2O2. The highest BCUT2D eigenvalue weighted by atomic mass is 16.5. The van der Waals surface area contributed by atoms with E-state index in [0.717, 1.165) is 11.3 Å². The molecule has 0 aliphatic heterocycles. The van der Waals surface area contributed by atoms with Gasteiger partial charge < -0.3 is 15.0 Å². The molecule has 0 aromatic heterocycles. The van der Waals surface area contributed by atoms with Gasteiger partial charge in [-0.2, -0.15) is 0 Å². The molecule has 112 valence electrons. The average Bonchev–Trinajstić information content (AvgIpc) is 2.38. The highest BCUT2D eigenvalue weighted by Gasteiger charge is 2.19. The van der Waals surface area contributed by atoms with Crippen molar-refractivity contribution in [1.29, 1.82) is 0 Å². The maximum Gasteiger partial charge on any atom is 0.220 e. The fourth-order valence-electron chi connectivity index (χ4n) is 2.17. The lowest BCUT2D eigenvalue weighted by Gasteiger charge is -2.26. The van der Waals surface area contributed by atoms with Crippen LogP contribution in [-0.4, -0.2) is 38.6 Å². The highest BCUT2D eigenvalue weighted by Crippen LogP contribution is 2.27. The van der Waals surface area contributed by atoms with Crippen molar-refractivity contribution in [2.75, 3.05) is 27.7 Å². The number of benzene rings is 1. The van der Waals surface area contributed by atoms with Gasteiger partial charge in [-0.05, 0) is 26.1 Å². The van der Waals surface area contributed by atoms with Crippen molar-refractivity contribution >= 4 is 5.91 Å². The molecule has 1 N–H and O–H groups in total. The van der Waals surface area contributed by atoms with Crippen molar-refractivity contribution in [2.45, 2.75) is 26.3 Å². The Morgan fingerprint density at radius 2 is 1.95 bits per heavy atom. The first-order valence-corrected chi connectivity index (χ1v) is 7.01. The van der Waals surface area contributed by atoms with Gasteiger partial charge in [0.25, 0.3) is 0 Å². The molecular weight excluding hydrogens is 252 g/mol. The smallest absolute Gasteiger partial charge is 0.220 e. The molecule has 0 aliphatic carbocycles. The van der Waals surface area contributed by atoms with E-state index in [0.29, 0.717) is 18.9 Å². The largest absolute Gasteiger partial charge is 0.496 e. The van der Waals surface area contributed by atoms with Gasteiger partial charge in [0.05, 0.1) is 13.2 Å². The highest BCUT2D eigenvalue weighted by molar-refractivity contribution is 5.76. The Bertz CT molecular complexity index is 430. The third-order valence-corrected chi connectivity index (χ3v) is 3.21. The van der Waals surface area contributed by atoms with Crippen LogP contribution in [0.15, 0.2) is 24.3 Å². The van der Waals surface area contributed by atoms with Gasteiger partial charge in [0.15, 0.2) is 0 Å². The van der Waals surface area contributed by atoms with E-state index in [4.69, 9.17) is 4.74 Å². The third-order valence-electron chi connectivity index (χ3n) is 3.21. The molecule has 4 nitrogen and oxygen atoms in total. The number of nitrogens with one attached hydrogen (secondary N) is 1. The maximum atomic E-state index is 11.8. The number of ether oxygens (including phenoxy) is 1. The van der Waals surface area contributed by atoms with Crippen LogP contribution in [0.1, 0.15) is 31.9 Å². The van der Waals surface area contributed by atoms with Crippen LogP contribution in [0.3, 0.4) is 0 Å². The molecule has 0 spiro atoms. The molecule has 1 amide bonds. The molecule has 1 aromatic carbocycles. The molecule has 0 saturated heterocycles. The zero-order valence-corrected chi connectivity index (χ0v) is 13.1. The Morgan fingerprint density at radius 1 is 1.30 bits per heavy atom. The predicted molar refractivity (Wildman–Crippen MR) is 81.9 cm³/mol. The van der Waals surface area contributed by atoms with E-state index in [-0.39, 0.29) is 11.9 Å². The molecule has 1 rings (SSSR count). The zero-order chi connectivity index (χ0) is 15.1. The van der Waals surface area contributed by atoms with Crippen molar-refractivity contribution in [3.05, 3.63) is 29.8 Å². The molecule has 1 atom stereocenters. The third kappa shape index (κ3) is 4.85. The summed E-state index contributed by atoms with van der Waals surface area (Å²) < 4.78 is 5.41. The molecule has 0 radical (unpaired) electrons. The van der Waals surface area contributed by atoms with E-state index < -0.39 is 0 Å². The van der Waals surface area contributed by atoms with Crippen molar-refractivity contribution in [2.24, 2.45) is 5.92 Å². The van der Waals surface area contributed by atoms with Crippen LogP contribution in [-0.2, 0) is 4.79 Å².